The monoisotopic (exact) mass is 527 g/mol. The fraction of sp³-hybridized carbons (Fsp3) is 0.312. The third-order valence-electron chi connectivity index (χ3n) is 7.33. The minimum absolute atomic E-state index is 0.0459. The van der Waals surface area contributed by atoms with Crippen LogP contribution in [0.5, 0.6) is 28.7 Å². The van der Waals surface area contributed by atoms with Gasteiger partial charge < -0.3 is 18.9 Å². The molecule has 7 heteroatoms. The zero-order chi connectivity index (χ0) is 27.7. The van der Waals surface area contributed by atoms with Crippen LogP contribution in [0, 0.1) is 5.41 Å². The van der Waals surface area contributed by atoms with E-state index in [1.165, 1.54) is 0 Å². The Bertz CT molecular complexity index is 1430. The molecular weight excluding hydrogens is 494 g/mol. The van der Waals surface area contributed by atoms with Crippen LogP contribution < -0.4 is 23.8 Å². The molecule has 1 atom stereocenters. The highest BCUT2D eigenvalue weighted by Crippen LogP contribution is 2.51. The number of nitrogens with zero attached hydrogens (tertiary/aromatic N) is 1. The van der Waals surface area contributed by atoms with Gasteiger partial charge in [-0.05, 0) is 54.3 Å². The van der Waals surface area contributed by atoms with Crippen molar-refractivity contribution in [3.63, 3.8) is 0 Å². The Morgan fingerprint density at radius 3 is 2.03 bits per heavy atom. The highest BCUT2D eigenvalue weighted by Gasteiger charge is 2.45. The largest absolute Gasteiger partial charge is 0.496 e. The van der Waals surface area contributed by atoms with Crippen molar-refractivity contribution in [1.82, 2.24) is 0 Å². The van der Waals surface area contributed by atoms with Crippen LogP contribution >= 0.6 is 0 Å². The summed E-state index contributed by atoms with van der Waals surface area (Å²) in [6, 6.07) is 20.5. The van der Waals surface area contributed by atoms with Gasteiger partial charge in [-0.1, -0.05) is 32.0 Å². The van der Waals surface area contributed by atoms with E-state index < -0.39 is 5.92 Å². The smallest absolute Gasteiger partial charge is 0.232 e. The molecule has 3 aromatic rings. The summed E-state index contributed by atoms with van der Waals surface area (Å²) in [4.78, 5) is 29.3. The molecule has 0 N–H and O–H groups in total. The number of ketones is 1. The first kappa shape index (κ1) is 26.4. The molecule has 7 nitrogen and oxygen atoms in total. The van der Waals surface area contributed by atoms with Crippen molar-refractivity contribution >= 4 is 17.4 Å². The molecule has 1 amide bonds. The van der Waals surface area contributed by atoms with Crippen molar-refractivity contribution in [2.75, 3.05) is 26.2 Å². The maximum absolute atomic E-state index is 13.9. The van der Waals surface area contributed by atoms with Crippen molar-refractivity contribution < 1.29 is 28.5 Å². The van der Waals surface area contributed by atoms with E-state index in [1.807, 2.05) is 60.7 Å². The van der Waals surface area contributed by atoms with Crippen molar-refractivity contribution in [1.29, 1.82) is 0 Å². The molecule has 0 aromatic heterocycles. The molecule has 0 saturated heterocycles. The molecule has 5 rings (SSSR count). The quantitative estimate of drug-likeness (QED) is 0.342. The Balaban J connectivity index is 1.59. The first-order valence-electron chi connectivity index (χ1n) is 13.0. The zero-order valence-corrected chi connectivity index (χ0v) is 22.9. The number of para-hydroxylation sites is 1. The van der Waals surface area contributed by atoms with E-state index in [4.69, 9.17) is 18.9 Å². The molecule has 0 spiro atoms. The molecule has 1 aliphatic heterocycles. The van der Waals surface area contributed by atoms with E-state index in [0.717, 1.165) is 17.0 Å². The number of ether oxygens (including phenoxy) is 4. The summed E-state index contributed by atoms with van der Waals surface area (Å²) in [5.74, 6) is 2.48. The number of carbonyl (C=O) groups is 2. The lowest BCUT2D eigenvalue weighted by molar-refractivity contribution is -0.121. The summed E-state index contributed by atoms with van der Waals surface area (Å²) in [6.07, 6.45) is 1.12. The number of Topliss-reactive ketones (excluding diaryl/α,β-unsaturated/α-hetero) is 1. The second-order valence-corrected chi connectivity index (χ2v) is 10.6. The van der Waals surface area contributed by atoms with Crippen LogP contribution in [-0.2, 0) is 9.59 Å². The second-order valence-electron chi connectivity index (χ2n) is 10.6. The van der Waals surface area contributed by atoms with Crippen molar-refractivity contribution in [2.45, 2.75) is 39.0 Å². The lowest BCUT2D eigenvalue weighted by Crippen LogP contribution is -2.43. The average Bonchev–Trinajstić information content (AvgIpc) is 2.92. The fourth-order valence-electron chi connectivity index (χ4n) is 5.59. The van der Waals surface area contributed by atoms with E-state index in [0.29, 0.717) is 47.1 Å². The van der Waals surface area contributed by atoms with E-state index in [9.17, 15) is 9.59 Å². The number of methoxy groups -OCH3 is 3. The number of hydrogen-bond acceptors (Lipinski definition) is 6. The Labute approximate surface area is 228 Å². The number of anilines is 1. The Hall–Kier alpha value is -4.26. The van der Waals surface area contributed by atoms with E-state index in [1.54, 1.807) is 32.3 Å². The zero-order valence-electron chi connectivity index (χ0n) is 22.9. The molecule has 1 heterocycles. The molecule has 0 fully saturated rings. The molecule has 2 aliphatic rings. The van der Waals surface area contributed by atoms with Gasteiger partial charge in [-0.25, -0.2) is 0 Å². The van der Waals surface area contributed by atoms with Gasteiger partial charge in [-0.15, -0.1) is 0 Å². The number of hydrogen-bond donors (Lipinski definition) is 0. The van der Waals surface area contributed by atoms with Gasteiger partial charge in [0.1, 0.15) is 17.2 Å². The molecule has 1 aliphatic carbocycles. The maximum atomic E-state index is 13.9. The highest BCUT2D eigenvalue weighted by molar-refractivity contribution is 6.08. The molecule has 0 bridgehead atoms. The summed E-state index contributed by atoms with van der Waals surface area (Å²) in [6.45, 7) is 4.13. The van der Waals surface area contributed by atoms with Crippen LogP contribution in [0.4, 0.5) is 5.69 Å². The topological polar surface area (TPSA) is 74.3 Å². The van der Waals surface area contributed by atoms with Crippen molar-refractivity contribution in [2.24, 2.45) is 5.41 Å². The number of amides is 1. The van der Waals surface area contributed by atoms with Crippen LogP contribution in [-0.4, -0.2) is 33.0 Å². The third kappa shape index (κ3) is 5.09. The predicted molar refractivity (Wildman–Crippen MR) is 149 cm³/mol. The molecule has 0 radical (unpaired) electrons. The first-order chi connectivity index (χ1) is 18.7. The Kier molecular flexibility index (Phi) is 7.08. The van der Waals surface area contributed by atoms with Crippen molar-refractivity contribution in [3.05, 3.63) is 83.6 Å². The van der Waals surface area contributed by atoms with Crippen LogP contribution in [0.2, 0.25) is 0 Å². The molecule has 1 unspecified atom stereocenters. The van der Waals surface area contributed by atoms with Crippen LogP contribution in [0.3, 0.4) is 0 Å². The van der Waals surface area contributed by atoms with E-state index in [-0.39, 0.29) is 23.5 Å². The lowest BCUT2D eigenvalue weighted by Gasteiger charge is -2.43. The summed E-state index contributed by atoms with van der Waals surface area (Å²) in [7, 11) is 4.69. The second kappa shape index (κ2) is 10.5. The van der Waals surface area contributed by atoms with Crippen LogP contribution in [0.15, 0.2) is 78.0 Å². The number of allylic oxidation sites excluding steroid dienone is 2. The SMILES string of the molecule is COc1cc(OC)c(C2CC(=O)N(c3ccc(Oc4ccccc4)cc3)C3=C2C(=O)CC(C)(C)C3)cc1OC. The summed E-state index contributed by atoms with van der Waals surface area (Å²) in [5.41, 5.74) is 2.55. The minimum atomic E-state index is -0.456. The molecule has 0 saturated carbocycles. The molecular formula is C32H33NO6. The molecule has 3 aromatic carbocycles. The van der Waals surface area contributed by atoms with Gasteiger partial charge >= 0.3 is 0 Å². The van der Waals surface area contributed by atoms with E-state index in [2.05, 4.69) is 13.8 Å². The van der Waals surface area contributed by atoms with Gasteiger partial charge in [0, 0.05) is 47.3 Å². The summed E-state index contributed by atoms with van der Waals surface area (Å²) in [5, 5.41) is 0. The van der Waals surface area contributed by atoms with Crippen LogP contribution in [0.25, 0.3) is 0 Å². The number of benzene rings is 3. The van der Waals surface area contributed by atoms with Gasteiger partial charge in [0.25, 0.3) is 0 Å². The Morgan fingerprint density at radius 1 is 0.769 bits per heavy atom. The normalized spacial score (nSPS) is 18.5. The summed E-state index contributed by atoms with van der Waals surface area (Å²) >= 11 is 0. The molecule has 202 valence electrons. The van der Waals surface area contributed by atoms with Gasteiger partial charge in [-0.2, -0.15) is 0 Å². The molecule has 39 heavy (non-hydrogen) atoms. The van der Waals surface area contributed by atoms with E-state index >= 15 is 0 Å². The summed E-state index contributed by atoms with van der Waals surface area (Å²) < 4.78 is 22.6. The fourth-order valence-corrected chi connectivity index (χ4v) is 5.59. The van der Waals surface area contributed by atoms with Crippen molar-refractivity contribution in [3.8, 4) is 28.7 Å². The number of rotatable bonds is 7. The standard InChI is InChI=1S/C32H33NO6/c1-32(2)18-25-31(26(34)19-32)24(23-15-28(37-4)29(38-5)17-27(23)36-3)16-30(35)33(25)20-11-13-22(14-12-20)39-21-9-7-6-8-10-21/h6-15,17,24H,16,18-19H2,1-5H3. The predicted octanol–water partition coefficient (Wildman–Crippen LogP) is 6.67. The third-order valence-corrected chi connectivity index (χ3v) is 7.33. The number of carbonyl (C=O) groups excluding carboxylic acids is 2. The van der Waals surface area contributed by atoms with Crippen LogP contribution in [0.1, 0.15) is 44.6 Å². The van der Waals surface area contributed by atoms with Gasteiger partial charge in [0.2, 0.25) is 5.91 Å². The first-order valence-corrected chi connectivity index (χ1v) is 13.0. The highest BCUT2D eigenvalue weighted by atomic mass is 16.5. The van der Waals surface area contributed by atoms with Gasteiger partial charge in [0.05, 0.1) is 21.3 Å². The lowest BCUT2D eigenvalue weighted by atomic mass is 9.69. The van der Waals surface area contributed by atoms with Gasteiger partial charge in [0.15, 0.2) is 17.3 Å². The van der Waals surface area contributed by atoms with Gasteiger partial charge in [-0.3, -0.25) is 14.5 Å². The Morgan fingerprint density at radius 2 is 1.38 bits per heavy atom. The average molecular weight is 528 g/mol. The maximum Gasteiger partial charge on any atom is 0.232 e. The minimum Gasteiger partial charge on any atom is -0.496 e.